The molecule has 0 aliphatic rings. The summed E-state index contributed by atoms with van der Waals surface area (Å²) in [5.74, 6) is 0.809. The Bertz CT molecular complexity index is 1390. The Hall–Kier alpha value is -4.05. The van der Waals surface area contributed by atoms with Gasteiger partial charge in [-0.2, -0.15) is 0 Å². The van der Waals surface area contributed by atoms with E-state index in [9.17, 15) is 14.4 Å². The van der Waals surface area contributed by atoms with Crippen molar-refractivity contribution < 1.29 is 28.4 Å². The molecule has 0 spiro atoms. The van der Waals surface area contributed by atoms with Gasteiger partial charge in [0, 0.05) is 41.6 Å². The fourth-order valence-corrected chi connectivity index (χ4v) is 4.56. The van der Waals surface area contributed by atoms with Crippen LogP contribution in [0.2, 0.25) is 5.02 Å². The summed E-state index contributed by atoms with van der Waals surface area (Å²) in [6, 6.07) is 13.0. The number of methoxy groups -OCH3 is 2. The number of benzene rings is 2. The fraction of sp³-hybridized carbons (Fsp3) is 0.419. The van der Waals surface area contributed by atoms with E-state index in [-0.39, 0.29) is 37.0 Å². The minimum atomic E-state index is -1.03. The van der Waals surface area contributed by atoms with Crippen molar-refractivity contribution >= 4 is 35.1 Å². The highest BCUT2D eigenvalue weighted by Gasteiger charge is 2.35. The molecule has 1 heterocycles. The molecule has 226 valence electrons. The van der Waals surface area contributed by atoms with Gasteiger partial charge in [-0.1, -0.05) is 47.9 Å². The molecular formula is C31H39ClN4O6. The van der Waals surface area contributed by atoms with Crippen LogP contribution in [0.1, 0.15) is 63.0 Å². The highest BCUT2D eigenvalue weighted by Crippen LogP contribution is 2.31. The maximum atomic E-state index is 13.9. The number of hydrogen-bond acceptors (Lipinski definition) is 7. The first-order valence-electron chi connectivity index (χ1n) is 13.8. The number of carbonyl (C=O) groups is 3. The van der Waals surface area contributed by atoms with Crippen LogP contribution in [0.25, 0.3) is 0 Å². The van der Waals surface area contributed by atoms with Crippen LogP contribution in [0.3, 0.4) is 0 Å². The number of nitrogens with one attached hydrogen (secondary N) is 2. The highest BCUT2D eigenvalue weighted by molar-refractivity contribution is 6.31. The average Bonchev–Trinajstić information content (AvgIpc) is 3.38. The third-order valence-corrected chi connectivity index (χ3v) is 7.32. The van der Waals surface area contributed by atoms with E-state index in [1.807, 2.05) is 32.9 Å². The molecule has 0 fully saturated rings. The highest BCUT2D eigenvalue weighted by atomic mass is 35.5. The Kier molecular flexibility index (Phi) is 11.4. The zero-order chi connectivity index (χ0) is 30.9. The Morgan fingerprint density at radius 2 is 1.76 bits per heavy atom. The van der Waals surface area contributed by atoms with E-state index in [0.29, 0.717) is 40.7 Å². The molecule has 3 rings (SSSR count). The number of rotatable bonds is 14. The standard InChI is InChI=1S/C31H39ClN4O6/c1-7-31(3,4)34-30(39)29(22-10-8-9-11-23(22)32)36(17-16-21-12-13-24(40-5)25(19-21)41-6)28(38)15-14-27(37)33-26-18-20(2)42-35-26/h8-13,18-19,29H,7,14-17H2,1-6H3,(H,34,39)(H,33,35,37)/t29-/m1/s1. The lowest BCUT2D eigenvalue weighted by molar-refractivity contribution is -0.142. The van der Waals surface area contributed by atoms with E-state index in [0.717, 1.165) is 5.56 Å². The first-order valence-corrected chi connectivity index (χ1v) is 14.2. The topological polar surface area (TPSA) is 123 Å². The lowest BCUT2D eigenvalue weighted by Gasteiger charge is -2.35. The maximum Gasteiger partial charge on any atom is 0.247 e. The van der Waals surface area contributed by atoms with Gasteiger partial charge in [0.05, 0.1) is 14.2 Å². The molecular weight excluding hydrogens is 560 g/mol. The molecule has 11 heteroatoms. The number of carbonyl (C=O) groups excluding carboxylic acids is 3. The molecule has 3 aromatic rings. The van der Waals surface area contributed by atoms with E-state index in [1.54, 1.807) is 57.5 Å². The van der Waals surface area contributed by atoms with E-state index < -0.39 is 17.5 Å². The fourth-order valence-electron chi connectivity index (χ4n) is 4.32. The second-order valence-electron chi connectivity index (χ2n) is 10.5. The predicted molar refractivity (Wildman–Crippen MR) is 161 cm³/mol. The van der Waals surface area contributed by atoms with Crippen LogP contribution in [-0.2, 0) is 20.8 Å². The summed E-state index contributed by atoms with van der Waals surface area (Å²) >= 11 is 6.60. The van der Waals surface area contributed by atoms with Crippen LogP contribution in [-0.4, -0.2) is 54.1 Å². The molecule has 0 saturated heterocycles. The average molecular weight is 599 g/mol. The van der Waals surface area contributed by atoms with Crippen molar-refractivity contribution in [2.75, 3.05) is 26.1 Å². The third-order valence-electron chi connectivity index (χ3n) is 6.98. The van der Waals surface area contributed by atoms with Crippen molar-refractivity contribution in [3.8, 4) is 11.5 Å². The first kappa shape index (κ1) is 32.5. The molecule has 1 aromatic heterocycles. The largest absolute Gasteiger partial charge is 0.493 e. The molecule has 0 radical (unpaired) electrons. The van der Waals surface area contributed by atoms with E-state index in [2.05, 4.69) is 15.8 Å². The summed E-state index contributed by atoms with van der Waals surface area (Å²) in [5, 5.41) is 9.82. The van der Waals surface area contributed by atoms with Crippen molar-refractivity contribution in [3.63, 3.8) is 0 Å². The summed E-state index contributed by atoms with van der Waals surface area (Å²) in [6.45, 7) is 7.69. The number of anilines is 1. The number of nitrogens with zero attached hydrogens (tertiary/aromatic N) is 2. The van der Waals surface area contributed by atoms with Gasteiger partial charge in [-0.05, 0) is 57.4 Å². The van der Waals surface area contributed by atoms with Crippen molar-refractivity contribution in [2.24, 2.45) is 0 Å². The van der Waals surface area contributed by atoms with Gasteiger partial charge >= 0.3 is 0 Å². The van der Waals surface area contributed by atoms with E-state index >= 15 is 0 Å². The van der Waals surface area contributed by atoms with Crippen LogP contribution in [0.5, 0.6) is 11.5 Å². The Morgan fingerprint density at radius 1 is 1.05 bits per heavy atom. The van der Waals surface area contributed by atoms with Gasteiger partial charge in [-0.3, -0.25) is 14.4 Å². The lowest BCUT2D eigenvalue weighted by Crippen LogP contribution is -2.50. The van der Waals surface area contributed by atoms with Gasteiger partial charge in [0.2, 0.25) is 17.7 Å². The SMILES string of the molecule is CCC(C)(C)NC(=O)[C@@H](c1ccccc1Cl)N(CCc1ccc(OC)c(OC)c1)C(=O)CCC(=O)Nc1cc(C)on1. The Labute approximate surface area is 251 Å². The zero-order valence-electron chi connectivity index (χ0n) is 25.0. The van der Waals surface area contributed by atoms with Crippen LogP contribution >= 0.6 is 11.6 Å². The molecule has 10 nitrogen and oxygen atoms in total. The van der Waals surface area contributed by atoms with Gasteiger partial charge in [-0.25, -0.2) is 0 Å². The smallest absolute Gasteiger partial charge is 0.247 e. The van der Waals surface area contributed by atoms with Gasteiger partial charge in [-0.15, -0.1) is 0 Å². The molecule has 0 aliphatic heterocycles. The molecule has 0 unspecified atom stereocenters. The van der Waals surface area contributed by atoms with Gasteiger partial charge in [0.25, 0.3) is 0 Å². The number of aryl methyl sites for hydroxylation is 1. The number of ether oxygens (including phenoxy) is 2. The molecule has 0 saturated carbocycles. The quantitative estimate of drug-likeness (QED) is 0.251. The van der Waals surface area contributed by atoms with Crippen LogP contribution in [0.4, 0.5) is 5.82 Å². The summed E-state index contributed by atoms with van der Waals surface area (Å²) < 4.78 is 15.8. The van der Waals surface area contributed by atoms with E-state index in [1.165, 1.54) is 4.90 Å². The zero-order valence-corrected chi connectivity index (χ0v) is 25.7. The molecule has 2 aromatic carbocycles. The van der Waals surface area contributed by atoms with Crippen LogP contribution in [0.15, 0.2) is 53.1 Å². The van der Waals surface area contributed by atoms with Gasteiger partial charge < -0.3 is 29.5 Å². The van der Waals surface area contributed by atoms with E-state index in [4.69, 9.17) is 25.6 Å². The Balaban J connectivity index is 1.93. The maximum absolute atomic E-state index is 13.9. The van der Waals surface area contributed by atoms with Crippen LogP contribution in [0, 0.1) is 6.92 Å². The summed E-state index contributed by atoms with van der Waals surface area (Å²) in [5.41, 5.74) is 0.841. The molecule has 2 N–H and O–H groups in total. The first-order chi connectivity index (χ1) is 20.0. The van der Waals surface area contributed by atoms with Crippen molar-refractivity contribution in [3.05, 3.63) is 70.4 Å². The normalized spacial score (nSPS) is 11.9. The van der Waals surface area contributed by atoms with Gasteiger partial charge in [0.1, 0.15) is 11.8 Å². The lowest BCUT2D eigenvalue weighted by atomic mass is 9.98. The van der Waals surface area contributed by atoms with Crippen LogP contribution < -0.4 is 20.1 Å². The van der Waals surface area contributed by atoms with Crippen molar-refractivity contribution in [2.45, 2.75) is 65.0 Å². The number of amides is 3. The molecule has 42 heavy (non-hydrogen) atoms. The monoisotopic (exact) mass is 598 g/mol. The Morgan fingerprint density at radius 3 is 2.38 bits per heavy atom. The minimum absolute atomic E-state index is 0.116. The summed E-state index contributed by atoms with van der Waals surface area (Å²) in [6.07, 6.45) is 0.825. The molecule has 3 amide bonds. The molecule has 0 aliphatic carbocycles. The van der Waals surface area contributed by atoms with Gasteiger partial charge in [0.15, 0.2) is 17.3 Å². The molecule has 0 bridgehead atoms. The minimum Gasteiger partial charge on any atom is -0.493 e. The second-order valence-corrected chi connectivity index (χ2v) is 11.0. The summed E-state index contributed by atoms with van der Waals surface area (Å²) in [7, 11) is 3.11. The summed E-state index contributed by atoms with van der Waals surface area (Å²) in [4.78, 5) is 41.9. The van der Waals surface area contributed by atoms with Crippen molar-refractivity contribution in [1.82, 2.24) is 15.4 Å². The number of halogens is 1. The predicted octanol–water partition coefficient (Wildman–Crippen LogP) is 5.49. The third kappa shape index (κ3) is 8.72. The number of aromatic nitrogens is 1. The number of hydrogen-bond donors (Lipinski definition) is 2. The van der Waals surface area contributed by atoms with Crippen molar-refractivity contribution in [1.29, 1.82) is 0 Å². The second kappa shape index (κ2) is 14.7. The molecule has 1 atom stereocenters.